The molecule has 94 valence electrons. The number of nitrogens with one attached hydrogen (secondary N) is 1. The third kappa shape index (κ3) is 2.38. The fourth-order valence-electron chi connectivity index (χ4n) is 1.82. The predicted molar refractivity (Wildman–Crippen MR) is 66.3 cm³/mol. The molecule has 6 heteroatoms. The van der Waals surface area contributed by atoms with Crippen molar-refractivity contribution in [1.29, 1.82) is 0 Å². The molecule has 6 nitrogen and oxygen atoms in total. The zero-order chi connectivity index (χ0) is 12.5. The minimum absolute atomic E-state index is 0.687. The average molecular weight is 244 g/mol. The third-order valence-corrected chi connectivity index (χ3v) is 2.93. The van der Waals surface area contributed by atoms with E-state index in [9.17, 15) is 0 Å². The monoisotopic (exact) mass is 244 g/mol. The van der Waals surface area contributed by atoms with E-state index >= 15 is 0 Å². The molecule has 0 amide bonds. The van der Waals surface area contributed by atoms with Gasteiger partial charge in [-0.2, -0.15) is 4.68 Å². The molecule has 0 aromatic carbocycles. The highest BCUT2D eigenvalue weighted by Crippen LogP contribution is 2.18. The van der Waals surface area contributed by atoms with E-state index in [-0.39, 0.29) is 0 Å². The molecule has 0 radical (unpaired) electrons. The topological polar surface area (TPSA) is 68.5 Å². The van der Waals surface area contributed by atoms with Crippen LogP contribution < -0.4 is 5.32 Å². The van der Waals surface area contributed by atoms with Gasteiger partial charge in [-0.15, -0.1) is 5.10 Å². The normalized spacial score (nSPS) is 15.0. The van der Waals surface area contributed by atoms with Crippen LogP contribution in [0.3, 0.4) is 0 Å². The minimum atomic E-state index is 0.687. The Balaban J connectivity index is 1.75. The van der Waals surface area contributed by atoms with E-state index in [2.05, 4.69) is 25.4 Å². The Hall–Kier alpha value is -1.82. The second-order valence-corrected chi connectivity index (χ2v) is 4.64. The number of rotatable bonds is 4. The van der Waals surface area contributed by atoms with Gasteiger partial charge >= 0.3 is 0 Å². The van der Waals surface area contributed by atoms with Crippen LogP contribution in [-0.2, 0) is 6.54 Å². The summed E-state index contributed by atoms with van der Waals surface area (Å²) in [6, 6.07) is 0.687. The minimum Gasteiger partial charge on any atom is -0.308 e. The number of aromatic nitrogens is 5. The zero-order valence-corrected chi connectivity index (χ0v) is 10.6. The summed E-state index contributed by atoms with van der Waals surface area (Å²) < 4.78 is 1.71. The van der Waals surface area contributed by atoms with Gasteiger partial charge in [-0.25, -0.2) is 9.97 Å². The van der Waals surface area contributed by atoms with Crippen LogP contribution in [0.5, 0.6) is 0 Å². The van der Waals surface area contributed by atoms with Crippen LogP contribution in [-0.4, -0.2) is 30.8 Å². The van der Waals surface area contributed by atoms with Gasteiger partial charge in [-0.3, -0.25) is 4.98 Å². The summed E-state index contributed by atoms with van der Waals surface area (Å²) >= 11 is 0. The Morgan fingerprint density at radius 1 is 1.28 bits per heavy atom. The zero-order valence-electron chi connectivity index (χ0n) is 10.6. The second-order valence-electron chi connectivity index (χ2n) is 4.64. The van der Waals surface area contributed by atoms with Crippen LogP contribution in [0.1, 0.15) is 30.2 Å². The van der Waals surface area contributed by atoms with Crippen molar-refractivity contribution >= 4 is 0 Å². The molecule has 0 unspecified atom stereocenters. The summed E-state index contributed by atoms with van der Waals surface area (Å²) in [5.74, 6) is 2.28. The maximum absolute atomic E-state index is 4.39. The van der Waals surface area contributed by atoms with Gasteiger partial charge in [0.25, 0.3) is 0 Å². The van der Waals surface area contributed by atoms with Crippen molar-refractivity contribution in [3.05, 3.63) is 29.7 Å². The summed E-state index contributed by atoms with van der Waals surface area (Å²) in [4.78, 5) is 13.0. The largest absolute Gasteiger partial charge is 0.308 e. The fraction of sp³-hybridized carbons (Fsp3) is 0.500. The van der Waals surface area contributed by atoms with Crippen molar-refractivity contribution < 1.29 is 0 Å². The first kappa shape index (κ1) is 11.3. The summed E-state index contributed by atoms with van der Waals surface area (Å²) in [6.45, 7) is 4.56. The third-order valence-electron chi connectivity index (χ3n) is 2.93. The molecule has 2 heterocycles. The lowest BCUT2D eigenvalue weighted by atomic mass is 10.4. The summed E-state index contributed by atoms with van der Waals surface area (Å²) in [5, 5.41) is 7.69. The quantitative estimate of drug-likeness (QED) is 0.866. The smallest absolute Gasteiger partial charge is 0.174 e. The molecule has 3 rings (SSSR count). The van der Waals surface area contributed by atoms with Gasteiger partial charge in [0.05, 0.1) is 18.1 Å². The van der Waals surface area contributed by atoms with E-state index < -0.39 is 0 Å². The molecule has 0 bridgehead atoms. The van der Waals surface area contributed by atoms with E-state index in [4.69, 9.17) is 0 Å². The van der Waals surface area contributed by atoms with E-state index in [1.165, 1.54) is 12.8 Å². The van der Waals surface area contributed by atoms with Gasteiger partial charge < -0.3 is 5.32 Å². The Bertz CT molecular complexity index is 540. The second kappa shape index (κ2) is 4.45. The Morgan fingerprint density at radius 3 is 2.67 bits per heavy atom. The fourth-order valence-corrected chi connectivity index (χ4v) is 1.82. The van der Waals surface area contributed by atoms with Gasteiger partial charge in [0.15, 0.2) is 5.82 Å². The summed E-state index contributed by atoms with van der Waals surface area (Å²) in [6.07, 6.45) is 6.10. The van der Waals surface area contributed by atoms with Gasteiger partial charge in [0.1, 0.15) is 11.6 Å². The van der Waals surface area contributed by atoms with Crippen LogP contribution in [0.2, 0.25) is 0 Å². The van der Waals surface area contributed by atoms with Crippen molar-refractivity contribution in [3.8, 4) is 5.82 Å². The Kier molecular flexibility index (Phi) is 2.79. The predicted octanol–water partition coefficient (Wildman–Crippen LogP) is 0.926. The first-order chi connectivity index (χ1) is 8.72. The SMILES string of the molecule is Cc1nc(C)n(-c2cnc(CNC3CC3)cn2)n1. The number of hydrogen-bond acceptors (Lipinski definition) is 5. The molecule has 1 saturated carbocycles. The first-order valence-corrected chi connectivity index (χ1v) is 6.17. The van der Waals surface area contributed by atoms with Crippen molar-refractivity contribution in [2.45, 2.75) is 39.3 Å². The molecule has 0 aliphatic heterocycles. The van der Waals surface area contributed by atoms with Gasteiger partial charge in [0, 0.05) is 12.6 Å². The van der Waals surface area contributed by atoms with Crippen LogP contribution in [0, 0.1) is 13.8 Å². The summed E-state index contributed by atoms with van der Waals surface area (Å²) in [5.41, 5.74) is 0.958. The van der Waals surface area contributed by atoms with Crippen molar-refractivity contribution in [2.24, 2.45) is 0 Å². The Morgan fingerprint density at radius 2 is 2.11 bits per heavy atom. The molecule has 1 aliphatic carbocycles. The van der Waals surface area contributed by atoms with E-state index in [1.54, 1.807) is 17.1 Å². The molecule has 1 N–H and O–H groups in total. The lowest BCUT2D eigenvalue weighted by molar-refractivity contribution is 0.669. The Labute approximate surface area is 105 Å². The van der Waals surface area contributed by atoms with Crippen LogP contribution >= 0.6 is 0 Å². The molecule has 0 spiro atoms. The maximum atomic E-state index is 4.39. The molecule has 0 atom stereocenters. The average Bonchev–Trinajstić information content (AvgIpc) is 3.13. The molecule has 2 aromatic heterocycles. The van der Waals surface area contributed by atoms with Crippen LogP contribution in [0.25, 0.3) is 5.82 Å². The molecular weight excluding hydrogens is 228 g/mol. The summed E-state index contributed by atoms with van der Waals surface area (Å²) in [7, 11) is 0. The van der Waals surface area contributed by atoms with E-state index in [1.807, 2.05) is 13.8 Å². The molecule has 0 saturated heterocycles. The van der Waals surface area contributed by atoms with Crippen LogP contribution in [0.15, 0.2) is 12.4 Å². The lowest BCUT2D eigenvalue weighted by Crippen LogP contribution is -2.16. The van der Waals surface area contributed by atoms with Gasteiger partial charge in [-0.1, -0.05) is 0 Å². The molecular formula is C12H16N6. The van der Waals surface area contributed by atoms with Crippen molar-refractivity contribution in [3.63, 3.8) is 0 Å². The van der Waals surface area contributed by atoms with E-state index in [0.717, 1.165) is 23.9 Å². The van der Waals surface area contributed by atoms with Crippen molar-refractivity contribution in [1.82, 2.24) is 30.0 Å². The molecule has 1 aliphatic rings. The van der Waals surface area contributed by atoms with Gasteiger partial charge in [-0.05, 0) is 26.7 Å². The number of aryl methyl sites for hydroxylation is 2. The first-order valence-electron chi connectivity index (χ1n) is 6.17. The molecule has 18 heavy (non-hydrogen) atoms. The standard InChI is InChI=1S/C12H16N6/c1-8-16-9(2)18(17-8)12-7-14-11(6-15-12)5-13-10-3-4-10/h6-7,10,13H,3-5H2,1-2H3. The molecule has 2 aromatic rings. The number of hydrogen-bond donors (Lipinski definition) is 1. The number of nitrogens with zero attached hydrogens (tertiary/aromatic N) is 5. The van der Waals surface area contributed by atoms with Crippen LogP contribution in [0.4, 0.5) is 0 Å². The van der Waals surface area contributed by atoms with Gasteiger partial charge in [0.2, 0.25) is 0 Å². The van der Waals surface area contributed by atoms with E-state index in [0.29, 0.717) is 11.9 Å². The maximum Gasteiger partial charge on any atom is 0.174 e. The van der Waals surface area contributed by atoms with Crippen molar-refractivity contribution in [2.75, 3.05) is 0 Å². The highest BCUT2D eigenvalue weighted by Gasteiger charge is 2.20. The highest BCUT2D eigenvalue weighted by molar-refractivity contribution is 5.19. The molecule has 1 fully saturated rings. The highest BCUT2D eigenvalue weighted by atomic mass is 15.4. The lowest BCUT2D eigenvalue weighted by Gasteiger charge is -2.04.